The Labute approximate surface area is 224 Å². The fraction of sp³-hybridized carbons (Fsp3) is 0.586. The highest BCUT2D eigenvalue weighted by Crippen LogP contribution is 2.40. The van der Waals surface area contributed by atoms with E-state index in [2.05, 4.69) is 33.2 Å². The summed E-state index contributed by atoms with van der Waals surface area (Å²) in [7, 11) is 0. The van der Waals surface area contributed by atoms with Crippen molar-refractivity contribution in [3.63, 3.8) is 0 Å². The fourth-order valence-corrected chi connectivity index (χ4v) is 5.05. The smallest absolute Gasteiger partial charge is 0.407 e. The standard InChI is InChI=1S/C29H40N4O5/c1-18(30-28(36)37-29(2,3)4)14-26(34)31-22-12-13-23(21(16-22)15-19-8-6-5-7-9-19)32-27(35)24-17-25(38-33-24)20-10-11-20/h5-9,17-18,20-23H,10-16H2,1-4H3,(H,30,36)(H,31,34)(H,32,35)/t18?,21-,22+,23+/m1/s1. The summed E-state index contributed by atoms with van der Waals surface area (Å²) in [6, 6.07) is 11.5. The molecule has 0 saturated heterocycles. The van der Waals surface area contributed by atoms with Crippen LogP contribution in [0, 0.1) is 5.92 Å². The van der Waals surface area contributed by atoms with Crippen LogP contribution in [0.2, 0.25) is 0 Å². The molecule has 1 aromatic carbocycles. The lowest BCUT2D eigenvalue weighted by molar-refractivity contribution is -0.122. The molecule has 2 fully saturated rings. The normalized spacial score (nSPS) is 22.3. The molecule has 2 aliphatic rings. The minimum atomic E-state index is -0.596. The molecule has 0 aliphatic heterocycles. The first kappa shape index (κ1) is 27.7. The second-order valence-electron chi connectivity index (χ2n) is 11.7. The topological polar surface area (TPSA) is 123 Å². The SMILES string of the molecule is CC(CC(=O)N[C@H]1CC[C@H](NC(=O)c2cc(C3CC3)on2)[C@H](Cc2ccccc2)C1)NC(=O)OC(C)(C)C. The van der Waals surface area contributed by atoms with Crippen molar-refractivity contribution >= 4 is 17.9 Å². The molecule has 0 spiro atoms. The van der Waals surface area contributed by atoms with E-state index in [0.29, 0.717) is 11.6 Å². The van der Waals surface area contributed by atoms with Gasteiger partial charge in [0.25, 0.3) is 5.91 Å². The van der Waals surface area contributed by atoms with Crippen molar-refractivity contribution in [1.29, 1.82) is 0 Å². The van der Waals surface area contributed by atoms with E-state index in [1.165, 1.54) is 5.56 Å². The first-order valence-corrected chi connectivity index (χ1v) is 13.7. The summed E-state index contributed by atoms with van der Waals surface area (Å²) in [5.74, 6) is 1.00. The van der Waals surface area contributed by atoms with Gasteiger partial charge >= 0.3 is 6.09 Å². The van der Waals surface area contributed by atoms with Gasteiger partial charge in [0.1, 0.15) is 11.4 Å². The van der Waals surface area contributed by atoms with Gasteiger partial charge in [-0.3, -0.25) is 9.59 Å². The second-order valence-corrected chi connectivity index (χ2v) is 11.7. The predicted octanol–water partition coefficient (Wildman–Crippen LogP) is 4.48. The number of aromatic nitrogens is 1. The maximum absolute atomic E-state index is 13.0. The molecule has 2 aromatic rings. The number of carbonyl (C=O) groups is 3. The molecular weight excluding hydrogens is 484 g/mol. The Bertz CT molecular complexity index is 1110. The summed E-state index contributed by atoms with van der Waals surface area (Å²) in [6.07, 6.45) is 4.83. The fourth-order valence-electron chi connectivity index (χ4n) is 5.05. The quantitative estimate of drug-likeness (QED) is 0.445. The summed E-state index contributed by atoms with van der Waals surface area (Å²) in [6.45, 7) is 7.18. The van der Waals surface area contributed by atoms with Gasteiger partial charge in [-0.25, -0.2) is 4.79 Å². The minimum absolute atomic E-state index is 0.00777. The molecule has 1 aromatic heterocycles. The number of rotatable bonds is 9. The molecule has 38 heavy (non-hydrogen) atoms. The molecule has 1 unspecified atom stereocenters. The van der Waals surface area contributed by atoms with E-state index in [1.807, 2.05) is 18.2 Å². The molecule has 0 bridgehead atoms. The lowest BCUT2D eigenvalue weighted by Crippen LogP contribution is -2.50. The van der Waals surface area contributed by atoms with Gasteiger partial charge in [-0.1, -0.05) is 35.5 Å². The van der Waals surface area contributed by atoms with Crippen LogP contribution in [0.15, 0.2) is 40.9 Å². The third kappa shape index (κ3) is 8.33. The van der Waals surface area contributed by atoms with E-state index >= 15 is 0 Å². The van der Waals surface area contributed by atoms with Gasteiger partial charge in [-0.15, -0.1) is 0 Å². The zero-order valence-corrected chi connectivity index (χ0v) is 22.8. The van der Waals surface area contributed by atoms with Gasteiger partial charge in [-0.2, -0.15) is 0 Å². The van der Waals surface area contributed by atoms with Crippen LogP contribution in [0.25, 0.3) is 0 Å². The maximum Gasteiger partial charge on any atom is 0.407 e. The van der Waals surface area contributed by atoms with Crippen molar-refractivity contribution < 1.29 is 23.6 Å². The monoisotopic (exact) mass is 524 g/mol. The van der Waals surface area contributed by atoms with Crippen molar-refractivity contribution in [2.24, 2.45) is 5.92 Å². The Hall–Kier alpha value is -3.36. The molecule has 9 heteroatoms. The Balaban J connectivity index is 1.33. The van der Waals surface area contributed by atoms with Crippen molar-refractivity contribution in [3.8, 4) is 0 Å². The van der Waals surface area contributed by atoms with Crippen LogP contribution in [-0.2, 0) is 16.0 Å². The Morgan fingerprint density at radius 2 is 1.82 bits per heavy atom. The maximum atomic E-state index is 13.0. The molecule has 206 valence electrons. The Kier molecular flexibility index (Phi) is 8.74. The average Bonchev–Trinajstić information content (AvgIpc) is 3.56. The van der Waals surface area contributed by atoms with E-state index in [9.17, 15) is 14.4 Å². The molecule has 2 aliphatic carbocycles. The number of amides is 3. The number of carbonyl (C=O) groups excluding carboxylic acids is 3. The number of alkyl carbamates (subject to hydrolysis) is 1. The Morgan fingerprint density at radius 1 is 1.08 bits per heavy atom. The van der Waals surface area contributed by atoms with Crippen LogP contribution in [0.4, 0.5) is 4.79 Å². The number of hydrogen-bond donors (Lipinski definition) is 3. The summed E-state index contributed by atoms with van der Waals surface area (Å²) >= 11 is 0. The van der Waals surface area contributed by atoms with Crippen LogP contribution in [-0.4, -0.2) is 46.8 Å². The van der Waals surface area contributed by atoms with E-state index in [0.717, 1.165) is 44.3 Å². The number of hydrogen-bond acceptors (Lipinski definition) is 6. The number of benzene rings is 1. The lowest BCUT2D eigenvalue weighted by atomic mass is 9.78. The highest BCUT2D eigenvalue weighted by Gasteiger charge is 2.34. The number of nitrogens with one attached hydrogen (secondary N) is 3. The molecule has 3 amide bonds. The molecule has 2 saturated carbocycles. The van der Waals surface area contributed by atoms with E-state index in [1.54, 1.807) is 33.8 Å². The third-order valence-corrected chi connectivity index (χ3v) is 7.00. The van der Waals surface area contributed by atoms with Crippen LogP contribution < -0.4 is 16.0 Å². The minimum Gasteiger partial charge on any atom is -0.444 e. The number of ether oxygens (including phenoxy) is 1. The van der Waals surface area contributed by atoms with Crippen molar-refractivity contribution in [2.75, 3.05) is 0 Å². The zero-order valence-electron chi connectivity index (χ0n) is 22.8. The Morgan fingerprint density at radius 3 is 2.50 bits per heavy atom. The first-order chi connectivity index (χ1) is 18.1. The molecule has 4 rings (SSSR count). The van der Waals surface area contributed by atoms with Crippen LogP contribution >= 0.6 is 0 Å². The van der Waals surface area contributed by atoms with Crippen molar-refractivity contribution in [3.05, 3.63) is 53.4 Å². The molecule has 3 N–H and O–H groups in total. The lowest BCUT2D eigenvalue weighted by Gasteiger charge is -2.37. The van der Waals surface area contributed by atoms with Gasteiger partial charge in [-0.05, 0) is 77.7 Å². The average molecular weight is 525 g/mol. The second kappa shape index (κ2) is 12.0. The zero-order chi connectivity index (χ0) is 27.3. The van der Waals surface area contributed by atoms with E-state index in [-0.39, 0.29) is 42.3 Å². The predicted molar refractivity (Wildman–Crippen MR) is 143 cm³/mol. The summed E-state index contributed by atoms with van der Waals surface area (Å²) in [4.78, 5) is 37.8. The highest BCUT2D eigenvalue weighted by molar-refractivity contribution is 5.92. The van der Waals surface area contributed by atoms with Crippen molar-refractivity contribution in [1.82, 2.24) is 21.1 Å². The molecular formula is C29H40N4O5. The van der Waals surface area contributed by atoms with Gasteiger partial charge in [0.2, 0.25) is 5.91 Å². The van der Waals surface area contributed by atoms with E-state index < -0.39 is 11.7 Å². The van der Waals surface area contributed by atoms with E-state index in [4.69, 9.17) is 9.26 Å². The van der Waals surface area contributed by atoms with Gasteiger partial charge in [0, 0.05) is 36.5 Å². The largest absolute Gasteiger partial charge is 0.444 e. The third-order valence-electron chi connectivity index (χ3n) is 7.00. The summed E-state index contributed by atoms with van der Waals surface area (Å²) in [5.41, 5.74) is 0.921. The van der Waals surface area contributed by atoms with Crippen LogP contribution in [0.3, 0.4) is 0 Å². The van der Waals surface area contributed by atoms with Crippen LogP contribution in [0.1, 0.15) is 93.9 Å². The summed E-state index contributed by atoms with van der Waals surface area (Å²) in [5, 5.41) is 13.0. The molecule has 4 atom stereocenters. The van der Waals surface area contributed by atoms with Gasteiger partial charge < -0.3 is 25.2 Å². The highest BCUT2D eigenvalue weighted by atomic mass is 16.6. The van der Waals surface area contributed by atoms with Crippen molar-refractivity contribution in [2.45, 2.75) is 102 Å². The number of nitrogens with zero attached hydrogens (tertiary/aromatic N) is 1. The van der Waals surface area contributed by atoms with Crippen LogP contribution in [0.5, 0.6) is 0 Å². The first-order valence-electron chi connectivity index (χ1n) is 13.7. The molecule has 9 nitrogen and oxygen atoms in total. The summed E-state index contributed by atoms with van der Waals surface area (Å²) < 4.78 is 10.6. The van der Waals surface area contributed by atoms with Gasteiger partial charge in [0.05, 0.1) is 0 Å². The molecule has 1 heterocycles. The van der Waals surface area contributed by atoms with Gasteiger partial charge in [0.15, 0.2) is 5.69 Å². The molecule has 0 radical (unpaired) electrons.